The van der Waals surface area contributed by atoms with E-state index in [9.17, 15) is 9.59 Å². The molecule has 1 saturated carbocycles. The minimum atomic E-state index is -0.930. The third-order valence-corrected chi connectivity index (χ3v) is 16.8. The number of nitrogens with one attached hydrogen (secondary N) is 2. The van der Waals surface area contributed by atoms with E-state index in [0.717, 1.165) is 29.3 Å². The number of H-pyrrole nitrogens is 1. The molecule has 18 nitrogen and oxygen atoms in total. The van der Waals surface area contributed by atoms with Crippen LogP contribution in [-0.2, 0) is 22.7 Å². The molecule has 4 aliphatic rings. The second kappa shape index (κ2) is 16.7. The van der Waals surface area contributed by atoms with Gasteiger partial charge in [-0.2, -0.15) is 10.2 Å². The number of fused-ring (bicyclic) bond motifs is 4. The highest BCUT2D eigenvalue weighted by Crippen LogP contribution is 2.57. The number of imidazole rings is 1. The Morgan fingerprint density at radius 1 is 0.919 bits per heavy atom. The highest BCUT2D eigenvalue weighted by molar-refractivity contribution is 6.00. The second-order valence-electron chi connectivity index (χ2n) is 21.7. The maximum Gasteiger partial charge on any atom is 0.438 e. The standard InChI is InChI=1S/C54H58F2N12O6/c1-29-21-36(22-30(2)43(29)55)68-46(65-19-18-64(51(65)72)40-12-11-39-37(44(40)56)27-58-62(39)8)42-32(4)66(28-53(45(42)60-68)14-16-63(17-15-53)49(70)57-7)47(69)41-24-35-23-33(34-13-20-73-52(5,6)26-34)9-10-38(35)67(41)54(25-31(54)3)48-59-50(71)74-61-48/h9-12,18-19,21-24,27,31-32,34H,13-17,20,25-26,28H2,1-8H3,(H,57,70)(H,59,61,71)/t31-,32-,34-,54-/m0/s1. The SMILES string of the molecule is CNC(=O)N1CCC2(CC1)CN(C(=O)c1cc3cc([C@H]4CCOC(C)(C)C4)ccc3n1[C@@]1(c3noc(=O)[nH]3)C[C@@H]1C)[C@@H](C)c1c2nn(-c2cc(C)c(F)c(C)c2)c1-n1ccn(-c2ccc3c(cnn3C)c2F)c1=O. The van der Waals surface area contributed by atoms with Gasteiger partial charge in [-0.15, -0.1) is 0 Å². The van der Waals surface area contributed by atoms with Gasteiger partial charge in [0.05, 0.1) is 45.8 Å². The molecule has 3 amide bonds. The van der Waals surface area contributed by atoms with E-state index in [4.69, 9.17) is 14.4 Å². The van der Waals surface area contributed by atoms with Gasteiger partial charge in [-0.25, -0.2) is 27.8 Å². The Balaban J connectivity index is 1.07. The summed E-state index contributed by atoms with van der Waals surface area (Å²) in [6, 6.07) is 13.9. The fraction of sp³-hybridized carbons (Fsp3) is 0.426. The number of rotatable bonds is 7. The number of carbonyl (C=O) groups is 2. The number of aryl methyl sites for hydroxylation is 3. The van der Waals surface area contributed by atoms with Gasteiger partial charge in [0.1, 0.15) is 22.9 Å². The molecule has 1 aliphatic carbocycles. The molecule has 8 heterocycles. The number of piperidine rings is 1. The highest BCUT2D eigenvalue weighted by Gasteiger charge is 2.60. The lowest BCUT2D eigenvalue weighted by molar-refractivity contribution is -0.0592. The topological polar surface area (TPSA) is 188 Å². The van der Waals surface area contributed by atoms with Crippen molar-refractivity contribution in [2.24, 2.45) is 13.0 Å². The summed E-state index contributed by atoms with van der Waals surface area (Å²) in [5.74, 6) is -1.23. The first-order valence-corrected chi connectivity index (χ1v) is 25.3. The van der Waals surface area contributed by atoms with Crippen LogP contribution in [0, 0.1) is 31.4 Å². The van der Waals surface area contributed by atoms with Crippen LogP contribution in [0.25, 0.3) is 39.0 Å². The van der Waals surface area contributed by atoms with Crippen LogP contribution in [0.5, 0.6) is 0 Å². The Kier molecular flexibility index (Phi) is 10.7. The first-order valence-electron chi connectivity index (χ1n) is 25.3. The van der Waals surface area contributed by atoms with Gasteiger partial charge < -0.3 is 24.4 Å². The number of benzene rings is 3. The van der Waals surface area contributed by atoms with Crippen molar-refractivity contribution in [3.8, 4) is 17.2 Å². The Labute approximate surface area is 423 Å². The second-order valence-corrected chi connectivity index (χ2v) is 21.7. The lowest BCUT2D eigenvalue weighted by Crippen LogP contribution is -2.56. The number of aromatic amines is 1. The van der Waals surface area contributed by atoms with Gasteiger partial charge in [-0.3, -0.25) is 28.1 Å². The number of hydrogen-bond donors (Lipinski definition) is 2. The Bertz CT molecular complexity index is 3730. The third kappa shape index (κ3) is 7.06. The molecule has 1 spiro atoms. The number of aromatic nitrogens is 9. The van der Waals surface area contributed by atoms with Gasteiger partial charge in [-0.05, 0) is 138 Å². The summed E-state index contributed by atoms with van der Waals surface area (Å²) in [6.07, 6.45) is 7.54. The van der Waals surface area contributed by atoms with Crippen LogP contribution < -0.4 is 16.8 Å². The summed E-state index contributed by atoms with van der Waals surface area (Å²) in [5, 5.41) is 17.7. The van der Waals surface area contributed by atoms with Crippen molar-refractivity contribution >= 4 is 33.7 Å². The minimum Gasteiger partial charge on any atom is -0.376 e. The van der Waals surface area contributed by atoms with Crippen LogP contribution in [0.15, 0.2) is 81.2 Å². The first kappa shape index (κ1) is 47.4. The Hall–Kier alpha value is -7.61. The van der Waals surface area contributed by atoms with E-state index in [1.807, 2.05) is 22.5 Å². The maximum absolute atomic E-state index is 16.5. The van der Waals surface area contributed by atoms with E-state index in [0.29, 0.717) is 89.9 Å². The zero-order valence-electron chi connectivity index (χ0n) is 42.6. The molecule has 0 radical (unpaired) electrons. The van der Waals surface area contributed by atoms with Gasteiger partial charge in [0.2, 0.25) is 0 Å². The maximum atomic E-state index is 16.5. The van der Waals surface area contributed by atoms with E-state index < -0.39 is 34.3 Å². The summed E-state index contributed by atoms with van der Waals surface area (Å²) in [4.78, 5) is 63.7. The minimum absolute atomic E-state index is 0.0127. The van der Waals surface area contributed by atoms with Crippen LogP contribution in [-0.4, -0.2) is 104 Å². The molecular weight excluding hydrogens is 951 g/mol. The fourth-order valence-electron chi connectivity index (χ4n) is 12.7. The smallest absolute Gasteiger partial charge is 0.376 e. The fourth-order valence-corrected chi connectivity index (χ4v) is 12.7. The monoisotopic (exact) mass is 1010 g/mol. The average molecular weight is 1010 g/mol. The van der Waals surface area contributed by atoms with E-state index in [-0.39, 0.29) is 52.8 Å². The van der Waals surface area contributed by atoms with Crippen molar-refractivity contribution in [3.05, 3.63) is 139 Å². The van der Waals surface area contributed by atoms with Crippen LogP contribution >= 0.6 is 0 Å². The molecule has 12 rings (SSSR count). The molecule has 384 valence electrons. The molecule has 3 aromatic carbocycles. The molecule has 3 aliphatic heterocycles. The summed E-state index contributed by atoms with van der Waals surface area (Å²) >= 11 is 0. The molecule has 8 aromatic rings. The quantitative estimate of drug-likeness (QED) is 0.162. The molecule has 2 saturated heterocycles. The number of ether oxygens (including phenoxy) is 1. The first-order chi connectivity index (χ1) is 35.3. The van der Waals surface area contributed by atoms with Crippen molar-refractivity contribution in [1.29, 1.82) is 0 Å². The van der Waals surface area contributed by atoms with Gasteiger partial charge in [0.25, 0.3) is 5.91 Å². The van der Waals surface area contributed by atoms with Gasteiger partial charge >= 0.3 is 17.5 Å². The van der Waals surface area contributed by atoms with Gasteiger partial charge in [0.15, 0.2) is 11.6 Å². The van der Waals surface area contributed by atoms with Gasteiger partial charge in [-0.1, -0.05) is 18.1 Å². The Morgan fingerprint density at radius 3 is 2.31 bits per heavy atom. The summed E-state index contributed by atoms with van der Waals surface area (Å²) in [6.45, 7) is 13.0. The van der Waals surface area contributed by atoms with Crippen LogP contribution in [0.1, 0.15) is 116 Å². The van der Waals surface area contributed by atoms with Crippen molar-refractivity contribution in [2.75, 3.05) is 33.3 Å². The molecule has 74 heavy (non-hydrogen) atoms. The molecule has 4 atom stereocenters. The summed E-state index contributed by atoms with van der Waals surface area (Å²) < 4.78 is 51.1. The number of likely N-dealkylation sites (tertiary alicyclic amines) is 1. The number of nitrogens with zero attached hydrogens (tertiary/aromatic N) is 10. The van der Waals surface area contributed by atoms with Crippen molar-refractivity contribution < 1.29 is 27.6 Å². The largest absolute Gasteiger partial charge is 0.438 e. The van der Waals surface area contributed by atoms with Crippen molar-refractivity contribution in [2.45, 2.75) is 102 Å². The molecule has 0 bridgehead atoms. The lowest BCUT2D eigenvalue weighted by Gasteiger charge is -2.48. The van der Waals surface area contributed by atoms with E-state index in [2.05, 4.69) is 59.5 Å². The molecular formula is C54H58F2N12O6. The molecule has 20 heteroatoms. The average Bonchev–Trinajstić information content (AvgIpc) is 4.03. The molecule has 0 unspecified atom stereocenters. The zero-order valence-corrected chi connectivity index (χ0v) is 42.6. The van der Waals surface area contributed by atoms with E-state index in [1.165, 1.54) is 27.6 Å². The summed E-state index contributed by atoms with van der Waals surface area (Å²) in [7, 11) is 3.30. The Morgan fingerprint density at radius 2 is 1.64 bits per heavy atom. The number of urea groups is 1. The number of carbonyl (C=O) groups excluding carboxylic acids is 2. The molecule has 5 aromatic heterocycles. The zero-order chi connectivity index (χ0) is 51.9. The van der Waals surface area contributed by atoms with Crippen molar-refractivity contribution in [3.63, 3.8) is 0 Å². The van der Waals surface area contributed by atoms with E-state index in [1.54, 1.807) is 66.6 Å². The van der Waals surface area contributed by atoms with E-state index >= 15 is 18.4 Å². The number of halogens is 2. The van der Waals surface area contributed by atoms with Gasteiger partial charge in [0, 0.05) is 74.6 Å². The normalized spacial score (nSPS) is 22.2. The number of amides is 3. The van der Waals surface area contributed by atoms with Crippen LogP contribution in [0.4, 0.5) is 13.6 Å². The number of hydrogen-bond acceptors (Lipinski definition) is 9. The van der Waals surface area contributed by atoms with Crippen LogP contribution in [0.3, 0.4) is 0 Å². The molecule has 3 fully saturated rings. The highest BCUT2D eigenvalue weighted by atomic mass is 19.1. The lowest BCUT2D eigenvalue weighted by atomic mass is 9.70. The predicted octanol–water partition coefficient (Wildman–Crippen LogP) is 7.57. The predicted molar refractivity (Wildman–Crippen MR) is 270 cm³/mol. The van der Waals surface area contributed by atoms with Crippen molar-refractivity contribution in [1.82, 2.24) is 58.5 Å². The molecule has 2 N–H and O–H groups in total. The summed E-state index contributed by atoms with van der Waals surface area (Å²) in [5.41, 5.74) is 2.57. The van der Waals surface area contributed by atoms with Crippen LogP contribution in [0.2, 0.25) is 0 Å². The third-order valence-electron chi connectivity index (χ3n) is 16.8.